The Balaban J connectivity index is 0.730. The number of nitrogens with zero attached hydrogens (tertiary/aromatic N) is 8. The van der Waals surface area contributed by atoms with Gasteiger partial charge in [0.15, 0.2) is 0 Å². The molecule has 394 valence electrons. The summed E-state index contributed by atoms with van der Waals surface area (Å²) in [6.45, 7) is 16.4. The molecule has 3 aromatic carbocycles. The van der Waals surface area contributed by atoms with Crippen LogP contribution in [0.4, 0.5) is 0 Å². The van der Waals surface area contributed by atoms with Gasteiger partial charge >= 0.3 is 0 Å². The number of aliphatic hydroxyl groups is 2. The van der Waals surface area contributed by atoms with E-state index in [4.69, 9.17) is 16.7 Å². The smallest absolute Gasteiger partial charge is 0.282 e. The number of β-amino-alcohol motifs (C(OH)–C–C–N with tert-alkyl or cyclic N) is 1. The van der Waals surface area contributed by atoms with Crippen molar-refractivity contribution in [2.75, 3.05) is 45.9 Å². The summed E-state index contributed by atoms with van der Waals surface area (Å²) in [6.07, 6.45) is 7.66. The second-order valence-electron chi connectivity index (χ2n) is 22.8. The number of carbonyl (C=O) groups is 2. The molecular formula is C58H69ClN10O5S. The van der Waals surface area contributed by atoms with Crippen LogP contribution in [0, 0.1) is 23.2 Å². The molecule has 0 radical (unpaired) electrons. The van der Waals surface area contributed by atoms with Gasteiger partial charge in [0.05, 0.1) is 68.4 Å². The first kappa shape index (κ1) is 52.6. The molecule has 3 aromatic heterocycles. The third kappa shape index (κ3) is 10.7. The second-order valence-corrected chi connectivity index (χ2v) is 24.0. The molecule has 6 heterocycles. The zero-order valence-corrected chi connectivity index (χ0v) is 45.4. The van der Waals surface area contributed by atoms with Gasteiger partial charge in [0.1, 0.15) is 23.6 Å². The largest absolute Gasteiger partial charge is 0.395 e. The Kier molecular flexibility index (Phi) is 15.2. The lowest BCUT2D eigenvalue weighted by molar-refractivity contribution is -0.144. The first-order valence-electron chi connectivity index (χ1n) is 26.6. The first-order chi connectivity index (χ1) is 36.0. The summed E-state index contributed by atoms with van der Waals surface area (Å²) in [7, 11) is 0. The van der Waals surface area contributed by atoms with Crippen molar-refractivity contribution in [2.45, 2.75) is 128 Å². The van der Waals surface area contributed by atoms with Crippen LogP contribution in [0.1, 0.15) is 144 Å². The van der Waals surface area contributed by atoms with Crippen molar-refractivity contribution in [2.24, 2.45) is 11.3 Å². The quantitative estimate of drug-likeness (QED) is 0.0652. The van der Waals surface area contributed by atoms with Gasteiger partial charge in [-0.2, -0.15) is 4.98 Å². The van der Waals surface area contributed by atoms with E-state index in [0.717, 1.165) is 96.9 Å². The molecule has 2 amide bonds. The molecule has 0 spiro atoms. The zero-order valence-electron chi connectivity index (χ0n) is 43.9. The summed E-state index contributed by atoms with van der Waals surface area (Å²) in [4.78, 5) is 56.0. The molecule has 4 atom stereocenters. The van der Waals surface area contributed by atoms with E-state index >= 15 is 0 Å². The number of halogens is 1. The van der Waals surface area contributed by atoms with E-state index in [9.17, 15) is 19.5 Å². The minimum atomic E-state index is -0.841. The fourth-order valence-corrected chi connectivity index (χ4v) is 13.1. The molecule has 1 aliphatic carbocycles. The molecule has 3 fully saturated rings. The summed E-state index contributed by atoms with van der Waals surface area (Å²) in [6, 6.07) is 18.5. The fraction of sp³-hybridized carbons (Fsp3) is 0.500. The van der Waals surface area contributed by atoms with Crippen LogP contribution in [0.25, 0.3) is 27.0 Å². The highest BCUT2D eigenvalue weighted by atomic mass is 35.5. The number of piperidine rings is 1. The van der Waals surface area contributed by atoms with Crippen LogP contribution >= 0.6 is 22.9 Å². The number of rotatable bonds is 13. The normalized spacial score (nSPS) is 21.6. The van der Waals surface area contributed by atoms with Gasteiger partial charge in [0, 0.05) is 38.2 Å². The molecule has 0 unspecified atom stereocenters. The lowest BCUT2D eigenvalue weighted by atomic mass is 9.80. The van der Waals surface area contributed by atoms with E-state index in [2.05, 4.69) is 84.3 Å². The van der Waals surface area contributed by atoms with E-state index in [0.29, 0.717) is 41.0 Å². The Morgan fingerprint density at radius 1 is 1.00 bits per heavy atom. The number of carbonyl (C=O) groups excluding carboxylic acids is 2. The van der Waals surface area contributed by atoms with Gasteiger partial charge in [-0.3, -0.25) is 19.0 Å². The van der Waals surface area contributed by atoms with Gasteiger partial charge in [-0.25, -0.2) is 9.67 Å². The van der Waals surface area contributed by atoms with Gasteiger partial charge < -0.3 is 30.6 Å². The van der Waals surface area contributed by atoms with Crippen LogP contribution in [0.5, 0.6) is 0 Å². The van der Waals surface area contributed by atoms with Crippen molar-refractivity contribution in [1.29, 1.82) is 0 Å². The predicted octanol–water partition coefficient (Wildman–Crippen LogP) is 7.91. The average Bonchev–Trinajstić information content (AvgIpc) is 4.20. The van der Waals surface area contributed by atoms with Crippen LogP contribution in [0.3, 0.4) is 0 Å². The highest BCUT2D eigenvalue weighted by Gasteiger charge is 2.46. The monoisotopic (exact) mass is 1050 g/mol. The number of likely N-dealkylation sites (tertiary alicyclic amines) is 2. The summed E-state index contributed by atoms with van der Waals surface area (Å²) in [5.41, 5.74) is 8.36. The highest BCUT2D eigenvalue weighted by Crippen LogP contribution is 2.45. The molecule has 15 nitrogen and oxygen atoms in total. The SMILES string of the molecule is C[C@H](NC(=O)[C@@H]1C[C@@H](O)CN1C(=O)[C@H](n1cc(C2CCC(CN3CCC(c4ccc5c(c4)-n4c(nc(=O)c6c(Cl)cccc64)C5(C)C)CC3)CC2)nn1)C(C)(C)C)c1ccc(-c2scnc2C#CCNCCO)cc1. The lowest BCUT2D eigenvalue weighted by Crippen LogP contribution is -2.50. The maximum absolute atomic E-state index is 14.7. The number of hydrogen-bond acceptors (Lipinski definition) is 12. The number of fused-ring (bicyclic) bond motifs is 5. The molecule has 2 saturated heterocycles. The van der Waals surface area contributed by atoms with E-state index in [-0.39, 0.29) is 48.9 Å². The Bertz CT molecular complexity index is 3190. The van der Waals surface area contributed by atoms with Crippen LogP contribution in [0.2, 0.25) is 5.02 Å². The van der Waals surface area contributed by atoms with E-state index in [1.165, 1.54) is 22.5 Å². The van der Waals surface area contributed by atoms with Gasteiger partial charge in [-0.15, -0.1) is 16.4 Å². The number of amides is 2. The van der Waals surface area contributed by atoms with Crippen LogP contribution in [-0.4, -0.2) is 119 Å². The first-order valence-corrected chi connectivity index (χ1v) is 27.9. The average molecular weight is 1050 g/mol. The van der Waals surface area contributed by atoms with Crippen molar-refractivity contribution in [3.05, 3.63) is 122 Å². The van der Waals surface area contributed by atoms with Gasteiger partial charge in [-0.1, -0.05) is 86.0 Å². The number of hydrogen-bond donors (Lipinski definition) is 4. The molecule has 17 heteroatoms. The molecule has 10 rings (SSSR count). The van der Waals surface area contributed by atoms with Gasteiger partial charge in [-0.05, 0) is 136 Å². The van der Waals surface area contributed by atoms with Crippen molar-refractivity contribution in [1.82, 2.24) is 50.0 Å². The van der Waals surface area contributed by atoms with Crippen molar-refractivity contribution >= 4 is 45.7 Å². The van der Waals surface area contributed by atoms with Crippen LogP contribution in [0.15, 0.2) is 77.2 Å². The van der Waals surface area contributed by atoms with Crippen LogP contribution < -0.4 is 16.2 Å². The number of thiazole rings is 1. The Morgan fingerprint density at radius 3 is 2.49 bits per heavy atom. The van der Waals surface area contributed by atoms with Gasteiger partial charge in [0.25, 0.3) is 5.56 Å². The third-order valence-corrected chi connectivity index (χ3v) is 17.4. The standard InChI is InChI=1S/C58H69ClN10O5S/c1-35(37-16-18-40(19-17-37)51-45(61-34-75-51)10-8-24-60-25-28-70)62-53(72)49-30-42(71)32-67(49)55(74)52(57(2,3)4)68-33-46(64-65-68)39-14-12-36(13-15-39)31-66-26-22-38(23-27-66)41-20-21-43-48(29-41)69-47-11-7-9-44(59)50(47)54(73)63-56(69)58(43,5)6/h7,9,11,16-21,29,33-36,38-39,42,49,52,60,70-71H,12-15,22-28,30-32H2,1-6H3,(H,62,72)/t35-,36?,39?,42+,49-,52-/m0/s1. The molecule has 75 heavy (non-hydrogen) atoms. The molecule has 4 N–H and O–H groups in total. The Morgan fingerprint density at radius 2 is 1.76 bits per heavy atom. The van der Waals surface area contributed by atoms with E-state index in [1.54, 1.807) is 21.2 Å². The zero-order chi connectivity index (χ0) is 52.8. The predicted molar refractivity (Wildman–Crippen MR) is 293 cm³/mol. The molecule has 0 bridgehead atoms. The second kappa shape index (κ2) is 21.7. The number of aliphatic hydroxyl groups excluding tert-OH is 2. The highest BCUT2D eigenvalue weighted by molar-refractivity contribution is 7.13. The summed E-state index contributed by atoms with van der Waals surface area (Å²) in [5, 5.41) is 36.2. The minimum absolute atomic E-state index is 0.0550. The summed E-state index contributed by atoms with van der Waals surface area (Å²) < 4.78 is 3.85. The van der Waals surface area contributed by atoms with Crippen molar-refractivity contribution in [3.8, 4) is 28.0 Å². The fourth-order valence-electron chi connectivity index (χ4n) is 12.1. The molecule has 4 aliphatic rings. The maximum atomic E-state index is 14.7. The maximum Gasteiger partial charge on any atom is 0.282 e. The van der Waals surface area contributed by atoms with E-state index in [1.807, 2.05) is 70.3 Å². The van der Waals surface area contributed by atoms with Crippen molar-refractivity contribution in [3.63, 3.8) is 0 Å². The third-order valence-electron chi connectivity index (χ3n) is 16.2. The topological polar surface area (TPSA) is 184 Å². The summed E-state index contributed by atoms with van der Waals surface area (Å²) >= 11 is 8.06. The lowest BCUT2D eigenvalue weighted by Gasteiger charge is -2.36. The van der Waals surface area contributed by atoms with E-state index < -0.39 is 29.0 Å². The Hall–Kier alpha value is -5.80. The molecule has 1 saturated carbocycles. The number of aromatic nitrogens is 6. The van der Waals surface area contributed by atoms with Crippen molar-refractivity contribution < 1.29 is 19.8 Å². The molecular weight excluding hydrogens is 984 g/mol. The number of benzene rings is 3. The number of nitrogens with one attached hydrogen (secondary N) is 2. The Labute approximate surface area is 448 Å². The molecule has 6 aromatic rings. The minimum Gasteiger partial charge on any atom is -0.395 e. The summed E-state index contributed by atoms with van der Waals surface area (Å²) in [5.74, 6) is 7.65. The van der Waals surface area contributed by atoms with Crippen LogP contribution in [-0.2, 0) is 15.0 Å². The van der Waals surface area contributed by atoms with Gasteiger partial charge in [0.2, 0.25) is 11.8 Å². The molecule has 3 aliphatic heterocycles.